The van der Waals surface area contributed by atoms with Crippen molar-refractivity contribution < 1.29 is 13.7 Å². The van der Waals surface area contributed by atoms with E-state index in [1.54, 1.807) is 22.6 Å². The third-order valence-electron chi connectivity index (χ3n) is 1.64. The third-order valence-corrected chi connectivity index (χ3v) is 3.03. The first kappa shape index (κ1) is 12.5. The summed E-state index contributed by atoms with van der Waals surface area (Å²) in [6.07, 6.45) is -2.13. The minimum Gasteiger partial charge on any atom is -0.258 e. The zero-order valence-electron chi connectivity index (χ0n) is 7.08. The summed E-state index contributed by atoms with van der Waals surface area (Å²) in [7, 11) is 0. The molecule has 1 aromatic rings. The summed E-state index contributed by atoms with van der Waals surface area (Å²) >= 11 is 7.06. The Kier molecular flexibility index (Phi) is 4.14. The second kappa shape index (κ2) is 4.97. The first-order chi connectivity index (χ1) is 6.99. The van der Waals surface area contributed by atoms with Gasteiger partial charge in [-0.25, -0.2) is 8.78 Å². The smallest absolute Gasteiger partial charge is 0.258 e. The van der Waals surface area contributed by atoms with Crippen molar-refractivity contribution in [2.75, 3.05) is 0 Å². The molecule has 0 aliphatic carbocycles. The fraction of sp³-hybridized carbons (Fsp3) is 0.286. The molecule has 0 saturated carbocycles. The standard InChI is InChI=1S/C7H4ClF2IN2O2/c8-1-4-5(11)6(13(14)15)3(2-12-4)7(9)10/h2,7H,1H2. The van der Waals surface area contributed by atoms with E-state index in [0.29, 0.717) is 0 Å². The van der Waals surface area contributed by atoms with Crippen LogP contribution in [-0.4, -0.2) is 9.91 Å². The van der Waals surface area contributed by atoms with Crippen LogP contribution in [0.3, 0.4) is 0 Å². The summed E-state index contributed by atoms with van der Waals surface area (Å²) < 4.78 is 24.9. The molecule has 1 aromatic heterocycles. The molecule has 0 aromatic carbocycles. The van der Waals surface area contributed by atoms with Crippen molar-refractivity contribution in [2.45, 2.75) is 12.3 Å². The molecule has 0 fully saturated rings. The van der Waals surface area contributed by atoms with Crippen LogP contribution in [0.4, 0.5) is 14.5 Å². The fourth-order valence-corrected chi connectivity index (χ4v) is 2.23. The molecule has 4 nitrogen and oxygen atoms in total. The van der Waals surface area contributed by atoms with Gasteiger partial charge in [-0.05, 0) is 22.6 Å². The lowest BCUT2D eigenvalue weighted by atomic mass is 10.2. The van der Waals surface area contributed by atoms with Crippen LogP contribution in [0.15, 0.2) is 6.20 Å². The van der Waals surface area contributed by atoms with Gasteiger partial charge in [-0.3, -0.25) is 15.1 Å². The molecule has 82 valence electrons. The summed E-state index contributed by atoms with van der Waals surface area (Å²) in [5.74, 6) is -0.0529. The normalized spacial score (nSPS) is 10.7. The van der Waals surface area contributed by atoms with Gasteiger partial charge in [0.2, 0.25) is 0 Å². The molecule has 0 amide bonds. The highest BCUT2D eigenvalue weighted by Crippen LogP contribution is 2.33. The number of rotatable bonds is 3. The number of nitrogens with zero attached hydrogens (tertiary/aromatic N) is 2. The van der Waals surface area contributed by atoms with Crippen molar-refractivity contribution in [1.29, 1.82) is 0 Å². The summed E-state index contributed by atoms with van der Waals surface area (Å²) in [5, 5.41) is 10.6. The minimum atomic E-state index is -2.92. The summed E-state index contributed by atoms with van der Waals surface area (Å²) in [6.45, 7) is 0. The van der Waals surface area contributed by atoms with E-state index >= 15 is 0 Å². The van der Waals surface area contributed by atoms with Gasteiger partial charge in [0.25, 0.3) is 12.1 Å². The molecule has 0 aliphatic heterocycles. The third kappa shape index (κ3) is 2.51. The van der Waals surface area contributed by atoms with Gasteiger partial charge in [-0.1, -0.05) is 0 Å². The average Bonchev–Trinajstić information content (AvgIpc) is 2.16. The Bertz CT molecular complexity index is 403. The maximum atomic E-state index is 12.4. The predicted molar refractivity (Wildman–Crippen MR) is 58.1 cm³/mol. The van der Waals surface area contributed by atoms with Crippen LogP contribution in [0.25, 0.3) is 0 Å². The molecular weight excluding hydrogens is 344 g/mol. The van der Waals surface area contributed by atoms with Gasteiger partial charge < -0.3 is 0 Å². The Morgan fingerprint density at radius 3 is 2.67 bits per heavy atom. The predicted octanol–water partition coefficient (Wildman–Crippen LogP) is 3.27. The van der Waals surface area contributed by atoms with Crippen LogP contribution in [0.2, 0.25) is 0 Å². The highest BCUT2D eigenvalue weighted by atomic mass is 127. The molecule has 0 bridgehead atoms. The van der Waals surface area contributed by atoms with Crippen molar-refractivity contribution >= 4 is 39.9 Å². The van der Waals surface area contributed by atoms with Gasteiger partial charge >= 0.3 is 0 Å². The highest BCUT2D eigenvalue weighted by molar-refractivity contribution is 14.1. The zero-order valence-corrected chi connectivity index (χ0v) is 10.00. The molecule has 0 saturated heterocycles. The Morgan fingerprint density at radius 2 is 2.27 bits per heavy atom. The monoisotopic (exact) mass is 348 g/mol. The van der Waals surface area contributed by atoms with E-state index in [1.165, 1.54) is 0 Å². The fourth-order valence-electron chi connectivity index (χ4n) is 0.967. The van der Waals surface area contributed by atoms with Gasteiger partial charge in [0.05, 0.1) is 16.5 Å². The molecule has 0 spiro atoms. The first-order valence-corrected chi connectivity index (χ1v) is 5.26. The summed E-state index contributed by atoms with van der Waals surface area (Å²) in [5.41, 5.74) is -1.07. The van der Waals surface area contributed by atoms with Gasteiger partial charge in [-0.15, -0.1) is 11.6 Å². The van der Waals surface area contributed by atoms with E-state index in [0.717, 1.165) is 6.20 Å². The second-order valence-electron chi connectivity index (χ2n) is 2.51. The number of alkyl halides is 3. The van der Waals surface area contributed by atoms with E-state index in [2.05, 4.69) is 4.98 Å². The molecule has 0 radical (unpaired) electrons. The van der Waals surface area contributed by atoms with Crippen LogP contribution in [0.1, 0.15) is 17.7 Å². The van der Waals surface area contributed by atoms with Crippen molar-refractivity contribution in [3.63, 3.8) is 0 Å². The summed E-state index contributed by atoms with van der Waals surface area (Å²) in [4.78, 5) is 13.4. The van der Waals surface area contributed by atoms with E-state index in [1.807, 2.05) is 0 Å². The Hall–Kier alpha value is -0.570. The lowest BCUT2D eigenvalue weighted by Crippen LogP contribution is -2.03. The molecule has 0 N–H and O–H groups in total. The van der Waals surface area contributed by atoms with E-state index in [-0.39, 0.29) is 15.1 Å². The number of aromatic nitrogens is 1. The van der Waals surface area contributed by atoms with Crippen molar-refractivity contribution in [2.24, 2.45) is 0 Å². The van der Waals surface area contributed by atoms with E-state index in [4.69, 9.17) is 11.6 Å². The maximum Gasteiger partial charge on any atom is 0.294 e. The van der Waals surface area contributed by atoms with Crippen LogP contribution in [0, 0.1) is 13.7 Å². The van der Waals surface area contributed by atoms with Gasteiger partial charge in [0.1, 0.15) is 9.13 Å². The molecule has 1 heterocycles. The van der Waals surface area contributed by atoms with Crippen LogP contribution >= 0.6 is 34.2 Å². The van der Waals surface area contributed by atoms with Gasteiger partial charge in [-0.2, -0.15) is 0 Å². The van der Waals surface area contributed by atoms with Gasteiger partial charge in [0, 0.05) is 6.20 Å². The van der Waals surface area contributed by atoms with Crippen molar-refractivity contribution in [3.8, 4) is 0 Å². The van der Waals surface area contributed by atoms with Crippen LogP contribution < -0.4 is 0 Å². The molecule has 15 heavy (non-hydrogen) atoms. The Balaban J connectivity index is 3.44. The molecule has 8 heteroatoms. The van der Waals surface area contributed by atoms with Crippen molar-refractivity contribution in [1.82, 2.24) is 4.98 Å². The highest BCUT2D eigenvalue weighted by Gasteiger charge is 2.27. The molecule has 0 unspecified atom stereocenters. The van der Waals surface area contributed by atoms with Crippen molar-refractivity contribution in [3.05, 3.63) is 31.1 Å². The Labute approximate surface area is 102 Å². The lowest BCUT2D eigenvalue weighted by Gasteiger charge is -2.05. The first-order valence-electron chi connectivity index (χ1n) is 3.64. The average molecular weight is 348 g/mol. The topological polar surface area (TPSA) is 56.0 Å². The number of nitro groups is 1. The maximum absolute atomic E-state index is 12.4. The molecular formula is C7H4ClF2IN2O2. The van der Waals surface area contributed by atoms with E-state index < -0.39 is 22.6 Å². The number of hydrogen-bond acceptors (Lipinski definition) is 3. The summed E-state index contributed by atoms with van der Waals surface area (Å²) in [6, 6.07) is 0. The van der Waals surface area contributed by atoms with Crippen LogP contribution in [0.5, 0.6) is 0 Å². The second-order valence-corrected chi connectivity index (χ2v) is 3.86. The minimum absolute atomic E-state index is 0.0529. The Morgan fingerprint density at radius 1 is 1.67 bits per heavy atom. The largest absolute Gasteiger partial charge is 0.294 e. The number of halogens is 4. The molecule has 0 aliphatic rings. The molecule has 1 rings (SSSR count). The van der Waals surface area contributed by atoms with Crippen LogP contribution in [-0.2, 0) is 5.88 Å². The number of pyridine rings is 1. The zero-order chi connectivity index (χ0) is 11.6. The SMILES string of the molecule is O=[N+]([O-])c1c(C(F)F)cnc(CCl)c1I. The molecule has 0 atom stereocenters. The lowest BCUT2D eigenvalue weighted by molar-refractivity contribution is -0.387. The number of hydrogen-bond donors (Lipinski definition) is 0. The van der Waals surface area contributed by atoms with E-state index in [9.17, 15) is 18.9 Å². The van der Waals surface area contributed by atoms with Gasteiger partial charge in [0.15, 0.2) is 0 Å². The quantitative estimate of drug-likeness (QED) is 0.365.